The van der Waals surface area contributed by atoms with Gasteiger partial charge in [0.15, 0.2) is 0 Å². The Morgan fingerprint density at radius 3 is 2.46 bits per heavy atom. The predicted octanol–water partition coefficient (Wildman–Crippen LogP) is 5.15. The van der Waals surface area contributed by atoms with Crippen LogP contribution < -0.4 is 10.1 Å². The topological polar surface area (TPSA) is 43.3 Å². The molecule has 1 N–H and O–H groups in total. The van der Waals surface area contributed by atoms with Gasteiger partial charge in [-0.3, -0.25) is 4.79 Å². The summed E-state index contributed by atoms with van der Waals surface area (Å²) in [5, 5.41) is 3.34. The highest BCUT2D eigenvalue weighted by Crippen LogP contribution is 2.29. The van der Waals surface area contributed by atoms with Gasteiger partial charge in [0.05, 0.1) is 18.4 Å². The second kappa shape index (κ2) is 7.22. The van der Waals surface area contributed by atoms with E-state index in [0.29, 0.717) is 22.0 Å². The molecule has 3 rings (SSSR count). The minimum Gasteiger partial charge on any atom is -0.495 e. The lowest BCUT2D eigenvalue weighted by molar-refractivity contribution is 0.102. The number of halogens is 2. The molecule has 0 aliphatic carbocycles. The summed E-state index contributed by atoms with van der Waals surface area (Å²) in [6.07, 6.45) is 0. The van der Waals surface area contributed by atoms with Crippen LogP contribution in [0.2, 0.25) is 5.02 Å². The summed E-state index contributed by atoms with van der Waals surface area (Å²) in [7, 11) is 1.53. The summed E-state index contributed by atoms with van der Waals surface area (Å²) in [5.41, 5.74) is 3.44. The number of rotatable bonds is 4. The Hall–Kier alpha value is -2.79. The van der Waals surface area contributed by atoms with Crippen molar-refractivity contribution in [3.05, 3.63) is 76.3 Å². The number of nitrogens with one attached hydrogen (secondary N) is 1. The minimum absolute atomic E-state index is 0.271. The van der Waals surface area contributed by atoms with Gasteiger partial charge < -0.3 is 14.6 Å². The SMILES string of the molecule is COc1ccc(Cl)cc1NC(=O)c1cc(C)n(-c2ccc(F)cc2)c1C. The zero-order valence-corrected chi connectivity index (χ0v) is 15.4. The molecule has 0 saturated carbocycles. The molecule has 4 nitrogen and oxygen atoms in total. The number of anilines is 1. The van der Waals surface area contributed by atoms with Crippen LogP contribution in [0.25, 0.3) is 5.69 Å². The van der Waals surface area contributed by atoms with Crippen molar-refractivity contribution in [1.29, 1.82) is 0 Å². The van der Waals surface area contributed by atoms with Gasteiger partial charge in [-0.25, -0.2) is 4.39 Å². The third-order valence-electron chi connectivity index (χ3n) is 4.17. The highest BCUT2D eigenvalue weighted by atomic mass is 35.5. The average molecular weight is 373 g/mol. The van der Waals surface area contributed by atoms with Crippen LogP contribution in [0.4, 0.5) is 10.1 Å². The molecule has 0 bridgehead atoms. The molecule has 0 saturated heterocycles. The monoisotopic (exact) mass is 372 g/mol. The molecule has 0 unspecified atom stereocenters. The first-order chi connectivity index (χ1) is 12.4. The van der Waals surface area contributed by atoms with Gasteiger partial charge in [-0.05, 0) is 62.4 Å². The van der Waals surface area contributed by atoms with E-state index in [4.69, 9.17) is 16.3 Å². The zero-order chi connectivity index (χ0) is 18.8. The number of ether oxygens (including phenoxy) is 1. The maximum absolute atomic E-state index is 13.2. The van der Waals surface area contributed by atoms with Gasteiger partial charge in [-0.15, -0.1) is 0 Å². The molecule has 0 spiro atoms. The van der Waals surface area contributed by atoms with Gasteiger partial charge in [0, 0.05) is 22.1 Å². The van der Waals surface area contributed by atoms with Gasteiger partial charge in [0.25, 0.3) is 5.91 Å². The number of aromatic nitrogens is 1. The molecule has 0 radical (unpaired) electrons. The van der Waals surface area contributed by atoms with Gasteiger partial charge in [0.1, 0.15) is 11.6 Å². The first kappa shape index (κ1) is 18.0. The lowest BCUT2D eigenvalue weighted by atomic mass is 10.2. The molecule has 1 heterocycles. The number of methoxy groups -OCH3 is 1. The van der Waals surface area contributed by atoms with Crippen molar-refractivity contribution in [3.63, 3.8) is 0 Å². The Morgan fingerprint density at radius 2 is 1.81 bits per heavy atom. The number of nitrogens with zero attached hydrogens (tertiary/aromatic N) is 1. The van der Waals surface area contributed by atoms with Crippen molar-refractivity contribution >= 4 is 23.2 Å². The quantitative estimate of drug-likeness (QED) is 0.688. The van der Waals surface area contributed by atoms with E-state index in [0.717, 1.165) is 17.1 Å². The third kappa shape index (κ3) is 3.44. The van der Waals surface area contributed by atoms with Crippen molar-refractivity contribution in [3.8, 4) is 11.4 Å². The van der Waals surface area contributed by atoms with Gasteiger partial charge in [0.2, 0.25) is 0 Å². The first-order valence-electron chi connectivity index (χ1n) is 8.00. The van der Waals surface area contributed by atoms with E-state index < -0.39 is 0 Å². The van der Waals surface area contributed by atoms with Crippen LogP contribution in [0.15, 0.2) is 48.5 Å². The van der Waals surface area contributed by atoms with Crippen molar-refractivity contribution < 1.29 is 13.9 Å². The fraction of sp³-hybridized carbons (Fsp3) is 0.150. The Bertz CT molecular complexity index is 965. The van der Waals surface area contributed by atoms with Crippen molar-refractivity contribution in [2.24, 2.45) is 0 Å². The van der Waals surface area contributed by atoms with Crippen molar-refractivity contribution in [2.75, 3.05) is 12.4 Å². The highest BCUT2D eigenvalue weighted by Gasteiger charge is 2.18. The van der Waals surface area contributed by atoms with Crippen molar-refractivity contribution in [2.45, 2.75) is 13.8 Å². The van der Waals surface area contributed by atoms with Crippen LogP contribution in [-0.2, 0) is 0 Å². The van der Waals surface area contributed by atoms with E-state index in [2.05, 4.69) is 5.32 Å². The number of carbonyl (C=O) groups is 1. The van der Waals surface area contributed by atoms with Crippen LogP contribution in [0.3, 0.4) is 0 Å². The van der Waals surface area contributed by atoms with Crippen LogP contribution >= 0.6 is 11.6 Å². The van der Waals surface area contributed by atoms with E-state index in [1.54, 1.807) is 36.4 Å². The summed E-state index contributed by atoms with van der Waals surface area (Å²) in [6.45, 7) is 3.74. The maximum Gasteiger partial charge on any atom is 0.257 e. The molecule has 6 heteroatoms. The lowest BCUT2D eigenvalue weighted by Gasteiger charge is -2.12. The summed E-state index contributed by atoms with van der Waals surface area (Å²) >= 11 is 6.02. The largest absolute Gasteiger partial charge is 0.495 e. The molecule has 2 aromatic carbocycles. The van der Waals surface area contributed by atoms with Crippen LogP contribution in [0, 0.1) is 19.7 Å². The Labute approximate surface area is 156 Å². The van der Waals surface area contributed by atoms with Gasteiger partial charge in [-0.2, -0.15) is 0 Å². The molecule has 0 aliphatic rings. The average Bonchev–Trinajstić information content (AvgIpc) is 2.91. The molecule has 1 aromatic heterocycles. The molecule has 26 heavy (non-hydrogen) atoms. The van der Waals surface area contributed by atoms with E-state index in [1.165, 1.54) is 19.2 Å². The third-order valence-corrected chi connectivity index (χ3v) is 4.41. The lowest BCUT2D eigenvalue weighted by Crippen LogP contribution is -2.14. The number of aryl methyl sites for hydroxylation is 1. The molecular weight excluding hydrogens is 355 g/mol. The van der Waals surface area contributed by atoms with Crippen LogP contribution in [0.5, 0.6) is 5.75 Å². The first-order valence-corrected chi connectivity index (χ1v) is 8.38. The summed E-state index contributed by atoms with van der Waals surface area (Å²) in [4.78, 5) is 12.8. The standard InChI is InChI=1S/C20H18ClFN2O2/c1-12-10-17(13(2)24(12)16-7-5-15(22)6-8-16)20(25)23-18-11-14(21)4-9-19(18)26-3/h4-11H,1-3H3,(H,23,25). The van der Waals surface area contributed by atoms with Crippen molar-refractivity contribution in [1.82, 2.24) is 4.57 Å². The Morgan fingerprint density at radius 1 is 1.12 bits per heavy atom. The Balaban J connectivity index is 1.95. The fourth-order valence-corrected chi connectivity index (χ4v) is 3.12. The highest BCUT2D eigenvalue weighted by molar-refractivity contribution is 6.31. The fourth-order valence-electron chi connectivity index (χ4n) is 2.95. The predicted molar refractivity (Wildman–Crippen MR) is 101 cm³/mol. The van der Waals surface area contributed by atoms with Crippen LogP contribution in [0.1, 0.15) is 21.7 Å². The minimum atomic E-state index is -0.303. The van der Waals surface area contributed by atoms with E-state index >= 15 is 0 Å². The number of hydrogen-bond donors (Lipinski definition) is 1. The number of carbonyl (C=O) groups excluding carboxylic acids is 1. The second-order valence-electron chi connectivity index (χ2n) is 5.90. The smallest absolute Gasteiger partial charge is 0.257 e. The Kier molecular flexibility index (Phi) is 5.00. The molecule has 134 valence electrons. The van der Waals surface area contributed by atoms with Crippen LogP contribution in [-0.4, -0.2) is 17.6 Å². The summed E-state index contributed by atoms with van der Waals surface area (Å²) in [6, 6.07) is 13.0. The van der Waals surface area contributed by atoms with Gasteiger partial charge >= 0.3 is 0 Å². The van der Waals surface area contributed by atoms with E-state index in [-0.39, 0.29) is 11.7 Å². The van der Waals surface area contributed by atoms with E-state index in [1.807, 2.05) is 18.4 Å². The second-order valence-corrected chi connectivity index (χ2v) is 6.33. The molecule has 0 fully saturated rings. The summed E-state index contributed by atoms with van der Waals surface area (Å²) < 4.78 is 20.4. The number of hydrogen-bond acceptors (Lipinski definition) is 2. The summed E-state index contributed by atoms with van der Waals surface area (Å²) in [5.74, 6) is -0.0515. The number of benzene rings is 2. The normalized spacial score (nSPS) is 10.7. The van der Waals surface area contributed by atoms with Gasteiger partial charge in [-0.1, -0.05) is 11.6 Å². The maximum atomic E-state index is 13.2. The molecule has 0 atom stereocenters. The molecule has 1 amide bonds. The molecule has 0 aliphatic heterocycles. The van der Waals surface area contributed by atoms with E-state index in [9.17, 15) is 9.18 Å². The molecular formula is C20H18ClFN2O2. The molecule has 3 aromatic rings. The number of amides is 1. The zero-order valence-electron chi connectivity index (χ0n) is 14.6.